The van der Waals surface area contributed by atoms with Crippen molar-refractivity contribution in [2.45, 2.75) is 19.9 Å². The highest BCUT2D eigenvalue weighted by molar-refractivity contribution is 5.90. The monoisotopic (exact) mass is 322 g/mol. The van der Waals surface area contributed by atoms with Crippen molar-refractivity contribution >= 4 is 11.7 Å². The van der Waals surface area contributed by atoms with Gasteiger partial charge in [0.1, 0.15) is 11.6 Å². The van der Waals surface area contributed by atoms with Gasteiger partial charge in [-0.25, -0.2) is 4.98 Å². The van der Waals surface area contributed by atoms with E-state index in [0.29, 0.717) is 5.82 Å². The van der Waals surface area contributed by atoms with Crippen molar-refractivity contribution in [2.75, 3.05) is 5.32 Å². The Hall–Kier alpha value is -3.22. The summed E-state index contributed by atoms with van der Waals surface area (Å²) in [6.07, 6.45) is 3.71. The number of amides is 1. The number of aryl methyl sites for hydroxylation is 1. The fourth-order valence-electron chi connectivity index (χ4n) is 2.42. The Kier molecular flexibility index (Phi) is 4.24. The summed E-state index contributed by atoms with van der Waals surface area (Å²) in [5.41, 5.74) is 7.47. The van der Waals surface area contributed by atoms with Gasteiger partial charge in [0, 0.05) is 18.1 Å². The van der Waals surface area contributed by atoms with Gasteiger partial charge in [-0.15, -0.1) is 10.2 Å². The minimum Gasteiger partial charge on any atom is -0.364 e. The van der Waals surface area contributed by atoms with Crippen LogP contribution in [-0.4, -0.2) is 25.7 Å². The maximum atomic E-state index is 11.0. The number of nitrogens with two attached hydrogens (primary N) is 1. The summed E-state index contributed by atoms with van der Waals surface area (Å²) in [6, 6.07) is 11.5. The molecule has 0 spiro atoms. The first-order valence-corrected chi connectivity index (χ1v) is 7.55. The fourth-order valence-corrected chi connectivity index (χ4v) is 2.42. The number of primary amides is 1. The molecule has 0 aliphatic rings. The second-order valence-electron chi connectivity index (χ2n) is 5.47. The molecular formula is C17H18N6O. The predicted octanol–water partition coefficient (Wildman–Crippen LogP) is 2.24. The molecule has 0 saturated carbocycles. The third kappa shape index (κ3) is 3.24. The van der Waals surface area contributed by atoms with E-state index in [0.717, 1.165) is 17.1 Å². The zero-order valence-corrected chi connectivity index (χ0v) is 13.5. The molecule has 7 heteroatoms. The van der Waals surface area contributed by atoms with Crippen LogP contribution in [0.1, 0.15) is 34.8 Å². The van der Waals surface area contributed by atoms with Gasteiger partial charge >= 0.3 is 0 Å². The Morgan fingerprint density at radius 3 is 2.46 bits per heavy atom. The smallest absolute Gasteiger partial charge is 0.269 e. The van der Waals surface area contributed by atoms with Crippen molar-refractivity contribution in [3.8, 4) is 5.69 Å². The van der Waals surface area contributed by atoms with Gasteiger partial charge in [-0.3, -0.25) is 4.79 Å². The van der Waals surface area contributed by atoms with E-state index in [1.807, 2.05) is 36.7 Å². The molecule has 0 radical (unpaired) electrons. The molecule has 2 aromatic heterocycles. The standard InChI is InChI=1S/C17H18N6O/c1-11(20-16-8-7-15(17(18)24)21-22-16)13-3-5-14(6-4-13)23-10-9-19-12(23)2/h3-11H,1-2H3,(H2,18,24)(H,20,22). The summed E-state index contributed by atoms with van der Waals surface area (Å²) in [7, 11) is 0. The minimum absolute atomic E-state index is 0.0386. The predicted molar refractivity (Wildman–Crippen MR) is 90.9 cm³/mol. The fraction of sp³-hybridized carbons (Fsp3) is 0.176. The number of hydrogen-bond donors (Lipinski definition) is 2. The number of aromatic nitrogens is 4. The van der Waals surface area contributed by atoms with E-state index in [4.69, 9.17) is 5.73 Å². The van der Waals surface area contributed by atoms with E-state index in [9.17, 15) is 4.79 Å². The average molecular weight is 322 g/mol. The van der Waals surface area contributed by atoms with Crippen molar-refractivity contribution < 1.29 is 4.79 Å². The van der Waals surface area contributed by atoms with Crippen LogP contribution in [0, 0.1) is 6.92 Å². The highest BCUT2D eigenvalue weighted by atomic mass is 16.1. The number of carbonyl (C=O) groups excluding carboxylic acids is 1. The Morgan fingerprint density at radius 2 is 1.92 bits per heavy atom. The molecule has 3 aromatic rings. The summed E-state index contributed by atoms with van der Waals surface area (Å²) in [4.78, 5) is 15.2. The molecule has 3 rings (SSSR count). The summed E-state index contributed by atoms with van der Waals surface area (Å²) >= 11 is 0. The van der Waals surface area contributed by atoms with Crippen LogP contribution < -0.4 is 11.1 Å². The van der Waals surface area contributed by atoms with Gasteiger partial charge in [0.15, 0.2) is 5.69 Å². The van der Waals surface area contributed by atoms with E-state index in [2.05, 4.69) is 32.6 Å². The summed E-state index contributed by atoms with van der Waals surface area (Å²) in [6.45, 7) is 3.99. The molecule has 0 fully saturated rings. The van der Waals surface area contributed by atoms with Gasteiger partial charge in [-0.1, -0.05) is 12.1 Å². The van der Waals surface area contributed by atoms with Gasteiger partial charge < -0.3 is 15.6 Å². The van der Waals surface area contributed by atoms with Crippen LogP contribution in [-0.2, 0) is 0 Å². The van der Waals surface area contributed by atoms with Crippen molar-refractivity contribution in [1.82, 2.24) is 19.7 Å². The Morgan fingerprint density at radius 1 is 1.17 bits per heavy atom. The molecule has 1 amide bonds. The number of nitrogens with one attached hydrogen (secondary N) is 1. The first kappa shape index (κ1) is 15.7. The quantitative estimate of drug-likeness (QED) is 0.750. The molecule has 1 atom stereocenters. The lowest BCUT2D eigenvalue weighted by Gasteiger charge is -2.15. The Balaban J connectivity index is 1.72. The zero-order valence-electron chi connectivity index (χ0n) is 13.5. The lowest BCUT2D eigenvalue weighted by molar-refractivity contribution is 0.0994. The molecule has 0 aliphatic heterocycles. The lowest BCUT2D eigenvalue weighted by atomic mass is 10.1. The third-order valence-corrected chi connectivity index (χ3v) is 3.78. The lowest BCUT2D eigenvalue weighted by Crippen LogP contribution is -2.15. The van der Waals surface area contributed by atoms with E-state index >= 15 is 0 Å². The molecule has 24 heavy (non-hydrogen) atoms. The largest absolute Gasteiger partial charge is 0.364 e. The number of benzene rings is 1. The zero-order chi connectivity index (χ0) is 17.1. The van der Waals surface area contributed by atoms with Crippen LogP contribution in [0.4, 0.5) is 5.82 Å². The highest BCUT2D eigenvalue weighted by Crippen LogP contribution is 2.20. The van der Waals surface area contributed by atoms with Gasteiger partial charge in [0.05, 0.1) is 6.04 Å². The first-order chi connectivity index (χ1) is 11.5. The Bertz CT molecular complexity index is 838. The molecule has 0 aliphatic carbocycles. The van der Waals surface area contributed by atoms with Crippen LogP contribution in [0.5, 0.6) is 0 Å². The van der Waals surface area contributed by atoms with Gasteiger partial charge in [0.2, 0.25) is 0 Å². The van der Waals surface area contributed by atoms with Gasteiger partial charge in [-0.05, 0) is 43.7 Å². The van der Waals surface area contributed by atoms with Gasteiger partial charge in [-0.2, -0.15) is 0 Å². The topological polar surface area (TPSA) is 98.7 Å². The van der Waals surface area contributed by atoms with E-state index in [1.54, 1.807) is 18.3 Å². The summed E-state index contributed by atoms with van der Waals surface area (Å²) in [5, 5.41) is 11.0. The average Bonchev–Trinajstić information content (AvgIpc) is 3.01. The molecule has 3 N–H and O–H groups in total. The van der Waals surface area contributed by atoms with Crippen LogP contribution >= 0.6 is 0 Å². The number of carbonyl (C=O) groups is 1. The Labute approximate surface area is 139 Å². The van der Waals surface area contributed by atoms with Crippen molar-refractivity contribution in [3.05, 3.63) is 65.9 Å². The van der Waals surface area contributed by atoms with Crippen molar-refractivity contribution in [2.24, 2.45) is 5.73 Å². The number of nitrogens with zero attached hydrogens (tertiary/aromatic N) is 4. The molecule has 0 saturated heterocycles. The van der Waals surface area contributed by atoms with Crippen molar-refractivity contribution in [3.63, 3.8) is 0 Å². The highest BCUT2D eigenvalue weighted by Gasteiger charge is 2.09. The maximum absolute atomic E-state index is 11.0. The van der Waals surface area contributed by atoms with E-state index in [-0.39, 0.29) is 11.7 Å². The van der Waals surface area contributed by atoms with Crippen LogP contribution in [0.15, 0.2) is 48.8 Å². The molecule has 2 heterocycles. The van der Waals surface area contributed by atoms with Crippen LogP contribution in [0.25, 0.3) is 5.69 Å². The summed E-state index contributed by atoms with van der Waals surface area (Å²) < 4.78 is 2.02. The normalized spacial score (nSPS) is 11.9. The number of hydrogen-bond acceptors (Lipinski definition) is 5. The SMILES string of the molecule is Cc1nccn1-c1ccc(C(C)Nc2ccc(C(N)=O)nn2)cc1. The second kappa shape index (κ2) is 6.49. The number of imidazole rings is 1. The molecule has 1 aromatic carbocycles. The minimum atomic E-state index is -0.590. The first-order valence-electron chi connectivity index (χ1n) is 7.55. The third-order valence-electron chi connectivity index (χ3n) is 3.78. The van der Waals surface area contributed by atoms with Crippen molar-refractivity contribution in [1.29, 1.82) is 0 Å². The van der Waals surface area contributed by atoms with Gasteiger partial charge in [0.25, 0.3) is 5.91 Å². The van der Waals surface area contributed by atoms with Crippen LogP contribution in [0.2, 0.25) is 0 Å². The van der Waals surface area contributed by atoms with Crippen LogP contribution in [0.3, 0.4) is 0 Å². The van der Waals surface area contributed by atoms with E-state index < -0.39 is 5.91 Å². The molecule has 0 bridgehead atoms. The molecule has 122 valence electrons. The molecular weight excluding hydrogens is 304 g/mol. The van der Waals surface area contributed by atoms with E-state index in [1.165, 1.54) is 0 Å². The number of anilines is 1. The maximum Gasteiger partial charge on any atom is 0.269 e. The summed E-state index contributed by atoms with van der Waals surface area (Å²) in [5.74, 6) is 0.938. The molecule has 7 nitrogen and oxygen atoms in total. The number of rotatable bonds is 5. The molecule has 1 unspecified atom stereocenters. The second-order valence-corrected chi connectivity index (χ2v) is 5.47.